The van der Waals surface area contributed by atoms with Gasteiger partial charge < -0.3 is 5.11 Å². The van der Waals surface area contributed by atoms with Crippen molar-refractivity contribution in [3.63, 3.8) is 0 Å². The lowest BCUT2D eigenvalue weighted by molar-refractivity contribution is 0.477. The van der Waals surface area contributed by atoms with E-state index in [1.165, 1.54) is 16.2 Å². The van der Waals surface area contributed by atoms with Gasteiger partial charge in [-0.15, -0.1) is 0 Å². The second kappa shape index (κ2) is 12.8. The molecule has 9 rings (SSSR count). The minimum absolute atomic E-state index is 0.156. The predicted octanol–water partition coefficient (Wildman–Crippen LogP) is 11.9. The summed E-state index contributed by atoms with van der Waals surface area (Å²) in [6.45, 7) is 0. The standard InChI is InChI=1S/C47H31N3O/c51-43-23-11-22-42(44(43)38-20-10-19-36(29-38)35-18-9-17-34(28-35)31-12-3-1-4-13-31)47-49-45(33-15-5-2-6-16-33)48-46(50-47)39-26-27-41-37(30-39)25-24-32-14-7-8-21-40(32)41/h1-30,51H. The van der Waals surface area contributed by atoms with Crippen molar-refractivity contribution in [2.75, 3.05) is 0 Å². The topological polar surface area (TPSA) is 58.9 Å². The van der Waals surface area contributed by atoms with Gasteiger partial charge in [0.05, 0.1) is 0 Å². The van der Waals surface area contributed by atoms with Crippen LogP contribution in [0.15, 0.2) is 182 Å². The Morgan fingerprint density at radius 1 is 0.314 bits per heavy atom. The molecule has 0 saturated carbocycles. The molecule has 0 radical (unpaired) electrons. The highest BCUT2D eigenvalue weighted by Crippen LogP contribution is 2.40. The molecule has 4 heteroatoms. The highest BCUT2D eigenvalue weighted by atomic mass is 16.3. The van der Waals surface area contributed by atoms with Crippen molar-refractivity contribution in [1.29, 1.82) is 0 Å². The number of phenolic OH excluding ortho intramolecular Hbond substituents is 1. The number of aromatic hydroxyl groups is 1. The van der Waals surface area contributed by atoms with Crippen molar-refractivity contribution in [1.82, 2.24) is 15.0 Å². The second-order valence-electron chi connectivity index (χ2n) is 12.6. The van der Waals surface area contributed by atoms with Crippen LogP contribution in [0.25, 0.3) is 89.1 Å². The summed E-state index contributed by atoms with van der Waals surface area (Å²) in [5, 5.41) is 16.2. The van der Waals surface area contributed by atoms with Gasteiger partial charge in [-0.25, -0.2) is 15.0 Å². The smallest absolute Gasteiger partial charge is 0.164 e. The monoisotopic (exact) mass is 653 g/mol. The Morgan fingerprint density at radius 3 is 1.61 bits per heavy atom. The van der Waals surface area contributed by atoms with Gasteiger partial charge in [0.2, 0.25) is 0 Å². The van der Waals surface area contributed by atoms with Crippen LogP contribution >= 0.6 is 0 Å². The van der Waals surface area contributed by atoms with Gasteiger partial charge in [0.25, 0.3) is 0 Å². The molecule has 1 N–H and O–H groups in total. The molecule has 0 saturated heterocycles. The number of nitrogens with zero attached hydrogens (tertiary/aromatic N) is 3. The van der Waals surface area contributed by atoms with Crippen molar-refractivity contribution in [3.05, 3.63) is 182 Å². The van der Waals surface area contributed by atoms with Crippen LogP contribution in [0.4, 0.5) is 0 Å². The summed E-state index contributed by atoms with van der Waals surface area (Å²) in [7, 11) is 0. The average Bonchev–Trinajstić information content (AvgIpc) is 3.21. The summed E-state index contributed by atoms with van der Waals surface area (Å²) in [4.78, 5) is 15.1. The third kappa shape index (κ3) is 5.79. The van der Waals surface area contributed by atoms with Gasteiger partial charge in [-0.1, -0.05) is 158 Å². The first-order valence-electron chi connectivity index (χ1n) is 17.0. The number of phenols is 1. The molecule has 0 aliphatic rings. The summed E-state index contributed by atoms with van der Waals surface area (Å²) < 4.78 is 0. The largest absolute Gasteiger partial charge is 0.507 e. The summed E-state index contributed by atoms with van der Waals surface area (Å²) >= 11 is 0. The Morgan fingerprint density at radius 2 is 0.843 bits per heavy atom. The Balaban J connectivity index is 1.19. The zero-order chi connectivity index (χ0) is 34.1. The Labute approximate surface area is 296 Å². The minimum Gasteiger partial charge on any atom is -0.507 e. The lowest BCUT2D eigenvalue weighted by atomic mass is 9.93. The molecule has 0 fully saturated rings. The van der Waals surface area contributed by atoms with Gasteiger partial charge in [0.1, 0.15) is 5.75 Å². The van der Waals surface area contributed by atoms with Crippen molar-refractivity contribution in [2.24, 2.45) is 0 Å². The van der Waals surface area contributed by atoms with E-state index in [-0.39, 0.29) is 5.75 Å². The van der Waals surface area contributed by atoms with E-state index in [9.17, 15) is 5.11 Å². The maximum absolute atomic E-state index is 11.5. The quantitative estimate of drug-likeness (QED) is 0.181. The maximum Gasteiger partial charge on any atom is 0.164 e. The molecule has 9 aromatic rings. The zero-order valence-electron chi connectivity index (χ0n) is 27.6. The number of rotatable bonds is 6. The Bertz CT molecular complexity index is 2710. The minimum atomic E-state index is 0.156. The molecule has 51 heavy (non-hydrogen) atoms. The first-order chi connectivity index (χ1) is 25.2. The molecule has 8 aromatic carbocycles. The molecule has 0 bridgehead atoms. The summed E-state index contributed by atoms with van der Waals surface area (Å²) in [5.41, 5.74) is 8.48. The fourth-order valence-electron chi connectivity index (χ4n) is 6.89. The van der Waals surface area contributed by atoms with Crippen LogP contribution in [0.5, 0.6) is 5.75 Å². The van der Waals surface area contributed by atoms with E-state index in [1.54, 1.807) is 6.07 Å². The first kappa shape index (κ1) is 30.2. The molecule has 0 spiro atoms. The molecule has 0 amide bonds. The highest BCUT2D eigenvalue weighted by molar-refractivity contribution is 6.08. The van der Waals surface area contributed by atoms with E-state index >= 15 is 0 Å². The van der Waals surface area contributed by atoms with Crippen LogP contribution in [0.1, 0.15) is 0 Å². The van der Waals surface area contributed by atoms with Gasteiger partial charge >= 0.3 is 0 Å². The van der Waals surface area contributed by atoms with Gasteiger partial charge in [-0.05, 0) is 73.6 Å². The lowest BCUT2D eigenvalue weighted by Crippen LogP contribution is -2.01. The number of fused-ring (bicyclic) bond motifs is 3. The number of hydrogen-bond donors (Lipinski definition) is 1. The van der Waals surface area contributed by atoms with E-state index in [4.69, 9.17) is 15.0 Å². The summed E-state index contributed by atoms with van der Waals surface area (Å²) in [6.07, 6.45) is 0. The molecular weight excluding hydrogens is 623 g/mol. The maximum atomic E-state index is 11.5. The molecule has 4 nitrogen and oxygen atoms in total. The van der Waals surface area contributed by atoms with Crippen LogP contribution < -0.4 is 0 Å². The van der Waals surface area contributed by atoms with Crippen molar-refractivity contribution in [2.45, 2.75) is 0 Å². The van der Waals surface area contributed by atoms with Gasteiger partial charge in [-0.2, -0.15) is 0 Å². The van der Waals surface area contributed by atoms with Crippen LogP contribution in [-0.2, 0) is 0 Å². The van der Waals surface area contributed by atoms with Crippen LogP contribution in [0, 0.1) is 0 Å². The van der Waals surface area contributed by atoms with Gasteiger partial charge in [0, 0.05) is 22.3 Å². The SMILES string of the molecule is Oc1cccc(-c2nc(-c3ccccc3)nc(-c3ccc4c(ccc5ccccc54)c3)n2)c1-c1cccc(-c2cccc(-c3ccccc3)c2)c1. The third-order valence-electron chi connectivity index (χ3n) is 9.41. The molecule has 0 aliphatic heterocycles. The van der Waals surface area contributed by atoms with Crippen molar-refractivity contribution >= 4 is 21.5 Å². The molecule has 1 heterocycles. The number of aromatic nitrogens is 3. The molecule has 0 atom stereocenters. The van der Waals surface area contributed by atoms with E-state index < -0.39 is 0 Å². The predicted molar refractivity (Wildman–Crippen MR) is 209 cm³/mol. The van der Waals surface area contributed by atoms with Crippen LogP contribution in [0.2, 0.25) is 0 Å². The van der Waals surface area contributed by atoms with E-state index in [2.05, 4.69) is 115 Å². The van der Waals surface area contributed by atoms with E-state index in [0.29, 0.717) is 23.0 Å². The van der Waals surface area contributed by atoms with Crippen molar-refractivity contribution < 1.29 is 5.11 Å². The highest BCUT2D eigenvalue weighted by Gasteiger charge is 2.19. The Kier molecular flexibility index (Phi) is 7.60. The molecule has 0 unspecified atom stereocenters. The van der Waals surface area contributed by atoms with Gasteiger partial charge in [-0.3, -0.25) is 0 Å². The van der Waals surface area contributed by atoms with Crippen LogP contribution in [-0.4, -0.2) is 20.1 Å². The first-order valence-corrected chi connectivity index (χ1v) is 17.0. The van der Waals surface area contributed by atoms with Gasteiger partial charge in [0.15, 0.2) is 17.5 Å². The summed E-state index contributed by atoms with van der Waals surface area (Å²) in [5.74, 6) is 1.77. The fourth-order valence-corrected chi connectivity index (χ4v) is 6.89. The van der Waals surface area contributed by atoms with E-state index in [1.807, 2.05) is 60.7 Å². The van der Waals surface area contributed by atoms with Crippen molar-refractivity contribution in [3.8, 4) is 73.3 Å². The van der Waals surface area contributed by atoms with Crippen LogP contribution in [0.3, 0.4) is 0 Å². The summed E-state index contributed by atoms with van der Waals surface area (Å²) in [6, 6.07) is 61.8. The molecule has 1 aromatic heterocycles. The Hall–Kier alpha value is -6.91. The second-order valence-corrected chi connectivity index (χ2v) is 12.6. The number of benzene rings is 8. The molecule has 240 valence electrons. The fraction of sp³-hybridized carbons (Fsp3) is 0. The molecular formula is C47H31N3O. The van der Waals surface area contributed by atoms with E-state index in [0.717, 1.165) is 49.9 Å². The molecule has 0 aliphatic carbocycles. The third-order valence-corrected chi connectivity index (χ3v) is 9.41. The lowest BCUT2D eigenvalue weighted by Gasteiger charge is -2.15. The normalized spacial score (nSPS) is 11.2. The number of hydrogen-bond acceptors (Lipinski definition) is 4. The average molecular weight is 654 g/mol. The zero-order valence-corrected chi connectivity index (χ0v) is 27.6.